The van der Waals surface area contributed by atoms with Crippen LogP contribution in [0.4, 0.5) is 5.69 Å². The minimum atomic E-state index is -0.423. The quantitative estimate of drug-likeness (QED) is 0.527. The standard InChI is InChI=1S/C26H25N3O4/c30-23(27-17-18-9-8-16-33-18)14-2-1-7-15-28-24-19-10-3-4-11-20(19)26(32)29(24)22-13-6-5-12-21(22)25(28)31/h3-6,8-13,16,24H,1-2,7,14-15,17H2,(H,27,30)/t24-/m1/s1. The molecular weight excluding hydrogens is 418 g/mol. The number of anilines is 1. The van der Waals surface area contributed by atoms with Gasteiger partial charge in [0.25, 0.3) is 11.8 Å². The van der Waals surface area contributed by atoms with Crippen LogP contribution in [0.3, 0.4) is 0 Å². The van der Waals surface area contributed by atoms with Crippen molar-refractivity contribution in [2.45, 2.75) is 38.4 Å². The van der Waals surface area contributed by atoms with E-state index in [4.69, 9.17) is 4.42 Å². The maximum absolute atomic E-state index is 13.4. The molecule has 5 rings (SSSR count). The number of carbonyl (C=O) groups is 3. The summed E-state index contributed by atoms with van der Waals surface area (Å²) in [5, 5.41) is 2.85. The molecule has 0 saturated heterocycles. The van der Waals surface area contributed by atoms with Gasteiger partial charge in [-0.15, -0.1) is 0 Å². The van der Waals surface area contributed by atoms with Gasteiger partial charge in [0.2, 0.25) is 5.91 Å². The summed E-state index contributed by atoms with van der Waals surface area (Å²) in [6, 6.07) is 18.4. The van der Waals surface area contributed by atoms with Gasteiger partial charge in [0.1, 0.15) is 11.9 Å². The molecule has 33 heavy (non-hydrogen) atoms. The van der Waals surface area contributed by atoms with E-state index < -0.39 is 6.17 Å². The maximum atomic E-state index is 13.4. The van der Waals surface area contributed by atoms with Crippen molar-refractivity contribution in [3.05, 3.63) is 89.4 Å². The third kappa shape index (κ3) is 3.91. The number of carbonyl (C=O) groups excluding carboxylic acids is 3. The maximum Gasteiger partial charge on any atom is 0.260 e. The van der Waals surface area contributed by atoms with Crippen LogP contribution in [-0.2, 0) is 11.3 Å². The van der Waals surface area contributed by atoms with E-state index >= 15 is 0 Å². The number of amides is 3. The highest BCUT2D eigenvalue weighted by molar-refractivity contribution is 6.16. The van der Waals surface area contributed by atoms with E-state index in [1.54, 1.807) is 28.2 Å². The zero-order valence-corrected chi connectivity index (χ0v) is 18.2. The molecule has 1 aromatic heterocycles. The third-order valence-electron chi connectivity index (χ3n) is 6.23. The Bertz CT molecular complexity index is 1190. The van der Waals surface area contributed by atoms with Crippen LogP contribution >= 0.6 is 0 Å². The Hall–Kier alpha value is -3.87. The average Bonchev–Trinajstić information content (AvgIpc) is 3.46. The number of nitrogens with one attached hydrogen (secondary N) is 1. The molecule has 0 aliphatic carbocycles. The van der Waals surface area contributed by atoms with E-state index in [9.17, 15) is 14.4 Å². The molecule has 0 fully saturated rings. The Morgan fingerprint density at radius 1 is 0.879 bits per heavy atom. The van der Waals surface area contributed by atoms with Gasteiger partial charge in [0, 0.05) is 24.1 Å². The largest absolute Gasteiger partial charge is 0.467 e. The lowest BCUT2D eigenvalue weighted by Gasteiger charge is -2.41. The average molecular weight is 444 g/mol. The first-order valence-electron chi connectivity index (χ1n) is 11.3. The first kappa shape index (κ1) is 21.0. The van der Waals surface area contributed by atoms with Crippen molar-refractivity contribution >= 4 is 23.4 Å². The van der Waals surface area contributed by atoms with Crippen molar-refractivity contribution in [1.29, 1.82) is 0 Å². The highest BCUT2D eigenvalue weighted by Gasteiger charge is 2.47. The van der Waals surface area contributed by atoms with Crippen LogP contribution in [0.5, 0.6) is 0 Å². The molecule has 2 aromatic carbocycles. The first-order chi connectivity index (χ1) is 16.1. The summed E-state index contributed by atoms with van der Waals surface area (Å²) in [5.74, 6) is 0.570. The molecule has 1 atom stereocenters. The second-order valence-electron chi connectivity index (χ2n) is 8.32. The van der Waals surface area contributed by atoms with Gasteiger partial charge in [-0.05, 0) is 43.2 Å². The van der Waals surface area contributed by atoms with Crippen molar-refractivity contribution in [2.24, 2.45) is 0 Å². The molecule has 0 saturated carbocycles. The summed E-state index contributed by atoms with van der Waals surface area (Å²) < 4.78 is 5.22. The van der Waals surface area contributed by atoms with Gasteiger partial charge in [-0.2, -0.15) is 0 Å². The van der Waals surface area contributed by atoms with Crippen molar-refractivity contribution in [3.63, 3.8) is 0 Å². The molecule has 0 spiro atoms. The number of rotatable bonds is 8. The number of para-hydroxylation sites is 1. The predicted octanol–water partition coefficient (Wildman–Crippen LogP) is 4.27. The van der Waals surface area contributed by atoms with Gasteiger partial charge in [-0.3, -0.25) is 19.3 Å². The van der Waals surface area contributed by atoms with Crippen molar-refractivity contribution < 1.29 is 18.8 Å². The topological polar surface area (TPSA) is 82.9 Å². The van der Waals surface area contributed by atoms with E-state index in [-0.39, 0.29) is 17.7 Å². The highest BCUT2D eigenvalue weighted by Crippen LogP contribution is 2.45. The molecule has 168 valence electrons. The van der Waals surface area contributed by atoms with Crippen molar-refractivity contribution in [3.8, 4) is 0 Å². The normalized spacial score (nSPS) is 16.4. The summed E-state index contributed by atoms with van der Waals surface area (Å²) >= 11 is 0. The minimum Gasteiger partial charge on any atom is -0.467 e. The summed E-state index contributed by atoms with van der Waals surface area (Å²) in [7, 11) is 0. The fourth-order valence-corrected chi connectivity index (χ4v) is 4.63. The van der Waals surface area contributed by atoms with Gasteiger partial charge >= 0.3 is 0 Å². The van der Waals surface area contributed by atoms with Crippen LogP contribution in [-0.4, -0.2) is 29.2 Å². The first-order valence-corrected chi connectivity index (χ1v) is 11.3. The zero-order chi connectivity index (χ0) is 22.8. The van der Waals surface area contributed by atoms with E-state index in [1.807, 2.05) is 48.5 Å². The molecule has 7 nitrogen and oxygen atoms in total. The molecule has 3 heterocycles. The third-order valence-corrected chi connectivity index (χ3v) is 6.23. The van der Waals surface area contributed by atoms with Crippen LogP contribution in [0.2, 0.25) is 0 Å². The van der Waals surface area contributed by atoms with Crippen molar-refractivity contribution in [1.82, 2.24) is 10.2 Å². The summed E-state index contributed by atoms with van der Waals surface area (Å²) in [5.41, 5.74) is 2.72. The lowest BCUT2D eigenvalue weighted by molar-refractivity contribution is -0.121. The van der Waals surface area contributed by atoms with E-state index in [0.717, 1.165) is 30.6 Å². The Kier molecular flexibility index (Phi) is 5.69. The molecule has 2 aliphatic rings. The van der Waals surface area contributed by atoms with Gasteiger partial charge < -0.3 is 14.6 Å². The summed E-state index contributed by atoms with van der Waals surface area (Å²) in [6.45, 7) is 0.905. The number of hydrogen-bond acceptors (Lipinski definition) is 4. The number of hydrogen-bond donors (Lipinski definition) is 1. The number of benzene rings is 2. The summed E-state index contributed by atoms with van der Waals surface area (Å²) in [4.78, 5) is 42.1. The molecule has 7 heteroatoms. The fraction of sp³-hybridized carbons (Fsp3) is 0.269. The molecule has 0 unspecified atom stereocenters. The number of nitrogens with zero attached hydrogens (tertiary/aromatic N) is 2. The molecule has 2 aliphatic heterocycles. The molecule has 0 bridgehead atoms. The molecule has 3 aromatic rings. The van der Waals surface area contributed by atoms with Crippen LogP contribution < -0.4 is 10.2 Å². The number of unbranched alkanes of at least 4 members (excludes halogenated alkanes) is 2. The second-order valence-corrected chi connectivity index (χ2v) is 8.32. The van der Waals surface area contributed by atoms with Gasteiger partial charge in [-0.1, -0.05) is 36.8 Å². The van der Waals surface area contributed by atoms with Crippen LogP contribution in [0.25, 0.3) is 0 Å². The molecule has 3 amide bonds. The lowest BCUT2D eigenvalue weighted by Crippen LogP contribution is -2.48. The smallest absolute Gasteiger partial charge is 0.260 e. The Morgan fingerprint density at radius 2 is 1.67 bits per heavy atom. The number of furan rings is 1. The zero-order valence-electron chi connectivity index (χ0n) is 18.2. The predicted molar refractivity (Wildman–Crippen MR) is 122 cm³/mol. The van der Waals surface area contributed by atoms with E-state index in [1.165, 1.54) is 0 Å². The highest BCUT2D eigenvalue weighted by atomic mass is 16.3. The Labute approximate surface area is 192 Å². The molecule has 0 radical (unpaired) electrons. The minimum absolute atomic E-state index is 0.0177. The SMILES string of the molecule is O=C(CCCCCN1C(=O)c2ccccc2N2C(=O)c3ccccc3[C@H]12)NCc1ccco1. The number of fused-ring (bicyclic) bond motifs is 5. The van der Waals surface area contributed by atoms with Gasteiger partial charge in [-0.25, -0.2) is 0 Å². The molecular formula is C26H25N3O4. The van der Waals surface area contributed by atoms with Crippen LogP contribution in [0.1, 0.15) is 63.9 Å². The van der Waals surface area contributed by atoms with Crippen molar-refractivity contribution in [2.75, 3.05) is 11.4 Å². The second kappa shape index (κ2) is 8.94. The van der Waals surface area contributed by atoms with Crippen LogP contribution in [0, 0.1) is 0 Å². The summed E-state index contributed by atoms with van der Waals surface area (Å²) in [6.07, 6.45) is 3.87. The Balaban J connectivity index is 1.23. The Morgan fingerprint density at radius 3 is 2.48 bits per heavy atom. The monoisotopic (exact) mass is 443 g/mol. The molecule has 1 N–H and O–H groups in total. The van der Waals surface area contributed by atoms with Gasteiger partial charge in [0.15, 0.2) is 0 Å². The fourth-order valence-electron chi connectivity index (χ4n) is 4.63. The lowest BCUT2D eigenvalue weighted by atomic mass is 10.0. The van der Waals surface area contributed by atoms with E-state index in [0.29, 0.717) is 36.3 Å². The van der Waals surface area contributed by atoms with Crippen LogP contribution in [0.15, 0.2) is 71.3 Å². The van der Waals surface area contributed by atoms with Gasteiger partial charge in [0.05, 0.1) is 24.1 Å². The van der Waals surface area contributed by atoms with E-state index in [2.05, 4.69) is 5.32 Å².